The summed E-state index contributed by atoms with van der Waals surface area (Å²) in [6, 6.07) is 3.09. The van der Waals surface area contributed by atoms with Crippen LogP contribution in [0, 0.1) is 0 Å². The number of nitrogens with one attached hydrogen (secondary N) is 1. The third-order valence-electron chi connectivity index (χ3n) is 5.49. The summed E-state index contributed by atoms with van der Waals surface area (Å²) in [7, 11) is 2.08. The van der Waals surface area contributed by atoms with Crippen molar-refractivity contribution in [1.82, 2.24) is 19.8 Å². The average molecular weight is 411 g/mol. The Morgan fingerprint density at radius 2 is 1.69 bits per heavy atom. The number of anilines is 1. The molecule has 2 aliphatic heterocycles. The number of alkyl halides is 3. The molecule has 4 rings (SSSR count). The molecule has 0 amide bonds. The van der Waals surface area contributed by atoms with Crippen LogP contribution in [0.15, 0.2) is 12.1 Å². The molecule has 158 valence electrons. The van der Waals surface area contributed by atoms with Gasteiger partial charge in [0.2, 0.25) is 12.6 Å². The molecule has 0 radical (unpaired) electrons. The molecule has 1 aromatic carbocycles. The Bertz CT molecular complexity index is 911. The molecule has 7 nitrogen and oxygen atoms in total. The largest absolute Gasteiger partial charge is 0.454 e. The minimum absolute atomic E-state index is 0.0322. The second-order valence-corrected chi connectivity index (χ2v) is 8.07. The van der Waals surface area contributed by atoms with Crippen LogP contribution in [-0.4, -0.2) is 71.9 Å². The molecule has 0 spiro atoms. The van der Waals surface area contributed by atoms with E-state index >= 15 is 0 Å². The van der Waals surface area contributed by atoms with Crippen molar-refractivity contribution in [3.8, 4) is 11.5 Å². The van der Waals surface area contributed by atoms with Gasteiger partial charge in [-0.2, -0.15) is 13.2 Å². The highest BCUT2D eigenvalue weighted by atomic mass is 19.4. The van der Waals surface area contributed by atoms with Gasteiger partial charge in [-0.3, -0.25) is 4.90 Å². The molecule has 1 aromatic heterocycles. The first-order chi connectivity index (χ1) is 13.6. The standard InChI is InChI=1S/C19H24F3N5O2/c1-18(2,27-6-4-26(3)5-7-27)10-23-16-12-8-14-15(29-11-28-14)9-13(12)24-17(25-16)19(20,21)22/h8-9H,4-7,10-11H2,1-3H3,(H,23,24,25). The maximum atomic E-state index is 13.3. The van der Waals surface area contributed by atoms with Crippen molar-refractivity contribution in [2.24, 2.45) is 0 Å². The molecule has 0 saturated carbocycles. The quantitative estimate of drug-likeness (QED) is 0.830. The van der Waals surface area contributed by atoms with E-state index in [9.17, 15) is 13.2 Å². The number of rotatable bonds is 4. The van der Waals surface area contributed by atoms with E-state index in [0.717, 1.165) is 26.2 Å². The molecule has 29 heavy (non-hydrogen) atoms. The molecule has 0 atom stereocenters. The molecule has 10 heteroatoms. The molecule has 0 bridgehead atoms. The van der Waals surface area contributed by atoms with Crippen molar-refractivity contribution < 1.29 is 22.6 Å². The predicted molar refractivity (Wildman–Crippen MR) is 102 cm³/mol. The van der Waals surface area contributed by atoms with Gasteiger partial charge in [0.05, 0.1) is 5.52 Å². The highest BCUT2D eigenvalue weighted by Crippen LogP contribution is 2.39. The zero-order valence-electron chi connectivity index (χ0n) is 16.6. The summed E-state index contributed by atoms with van der Waals surface area (Å²) in [6.07, 6.45) is -4.64. The smallest absolute Gasteiger partial charge is 0.451 e. The Balaban J connectivity index is 1.65. The molecular weight excluding hydrogens is 387 g/mol. The minimum Gasteiger partial charge on any atom is -0.454 e. The molecule has 0 unspecified atom stereocenters. The molecule has 2 aliphatic rings. The topological polar surface area (TPSA) is 62.8 Å². The number of hydrogen-bond acceptors (Lipinski definition) is 7. The van der Waals surface area contributed by atoms with Crippen molar-refractivity contribution in [3.05, 3.63) is 18.0 Å². The van der Waals surface area contributed by atoms with Crippen molar-refractivity contribution in [2.45, 2.75) is 25.6 Å². The average Bonchev–Trinajstić information content (AvgIpc) is 3.11. The monoisotopic (exact) mass is 411 g/mol. The summed E-state index contributed by atoms with van der Waals surface area (Å²) < 4.78 is 50.7. The van der Waals surface area contributed by atoms with Crippen LogP contribution in [0.2, 0.25) is 0 Å². The van der Waals surface area contributed by atoms with Crippen LogP contribution >= 0.6 is 0 Å². The number of ether oxygens (including phenoxy) is 2. The normalized spacial score (nSPS) is 18.4. The lowest BCUT2D eigenvalue weighted by molar-refractivity contribution is -0.144. The van der Waals surface area contributed by atoms with Crippen molar-refractivity contribution in [3.63, 3.8) is 0 Å². The zero-order chi connectivity index (χ0) is 20.8. The maximum Gasteiger partial charge on any atom is 0.451 e. The summed E-state index contributed by atoms with van der Waals surface area (Å²) in [5.41, 5.74) is -0.0933. The van der Waals surface area contributed by atoms with Crippen LogP contribution in [0.5, 0.6) is 11.5 Å². The van der Waals surface area contributed by atoms with Gasteiger partial charge in [-0.15, -0.1) is 0 Å². The number of benzene rings is 1. The van der Waals surface area contributed by atoms with E-state index in [4.69, 9.17) is 9.47 Å². The zero-order valence-corrected chi connectivity index (χ0v) is 16.6. The van der Waals surface area contributed by atoms with E-state index in [-0.39, 0.29) is 23.7 Å². The van der Waals surface area contributed by atoms with Crippen LogP contribution in [0.25, 0.3) is 10.9 Å². The second-order valence-electron chi connectivity index (χ2n) is 8.07. The molecule has 1 saturated heterocycles. The Kier molecular flexibility index (Phi) is 4.94. The summed E-state index contributed by atoms with van der Waals surface area (Å²) in [6.45, 7) is 8.36. The molecule has 0 aliphatic carbocycles. The van der Waals surface area contributed by atoms with Crippen LogP contribution in [0.4, 0.5) is 19.0 Å². The number of aromatic nitrogens is 2. The van der Waals surface area contributed by atoms with E-state index in [1.807, 2.05) is 0 Å². The van der Waals surface area contributed by atoms with Crippen LogP contribution < -0.4 is 14.8 Å². The van der Waals surface area contributed by atoms with Gasteiger partial charge in [0.1, 0.15) is 5.82 Å². The highest BCUT2D eigenvalue weighted by Gasteiger charge is 2.36. The summed E-state index contributed by atoms with van der Waals surface area (Å²) >= 11 is 0. The minimum atomic E-state index is -4.64. The van der Waals surface area contributed by atoms with Crippen molar-refractivity contribution in [1.29, 1.82) is 0 Å². The lowest BCUT2D eigenvalue weighted by atomic mass is 10.0. The molecule has 2 aromatic rings. The van der Waals surface area contributed by atoms with E-state index in [1.54, 1.807) is 6.07 Å². The van der Waals surface area contributed by atoms with Gasteiger partial charge in [0.25, 0.3) is 0 Å². The second kappa shape index (κ2) is 7.17. The SMILES string of the molecule is CN1CCN(C(C)(C)CNc2nc(C(F)(F)F)nc3cc4c(cc23)OCO4)CC1. The van der Waals surface area contributed by atoms with E-state index in [0.29, 0.717) is 23.4 Å². The Morgan fingerprint density at radius 1 is 1.03 bits per heavy atom. The fourth-order valence-corrected chi connectivity index (χ4v) is 3.60. The third-order valence-corrected chi connectivity index (χ3v) is 5.49. The van der Waals surface area contributed by atoms with Gasteiger partial charge in [0.15, 0.2) is 11.5 Å². The van der Waals surface area contributed by atoms with Crippen LogP contribution in [0.3, 0.4) is 0 Å². The number of nitrogens with zero attached hydrogens (tertiary/aromatic N) is 4. The first kappa shape index (κ1) is 20.0. The summed E-state index contributed by atoms with van der Waals surface area (Å²) in [4.78, 5) is 12.1. The van der Waals surface area contributed by atoms with Gasteiger partial charge < -0.3 is 19.7 Å². The molecule has 3 heterocycles. The van der Waals surface area contributed by atoms with Crippen LogP contribution in [-0.2, 0) is 6.18 Å². The van der Waals surface area contributed by atoms with E-state index < -0.39 is 12.0 Å². The lowest BCUT2D eigenvalue weighted by Gasteiger charge is -2.43. The summed E-state index contributed by atoms with van der Waals surface area (Å²) in [5.74, 6) is -0.179. The Hall–Kier alpha value is -2.33. The molecule has 1 fully saturated rings. The fraction of sp³-hybridized carbons (Fsp3) is 0.579. The highest BCUT2D eigenvalue weighted by molar-refractivity contribution is 5.92. The Labute approximate surface area is 166 Å². The number of fused-ring (bicyclic) bond motifs is 2. The first-order valence-corrected chi connectivity index (χ1v) is 9.49. The van der Waals surface area contributed by atoms with Gasteiger partial charge in [-0.05, 0) is 27.0 Å². The third kappa shape index (κ3) is 4.04. The number of halogens is 3. The number of likely N-dealkylation sites (N-methyl/N-ethyl adjacent to an activating group) is 1. The predicted octanol–water partition coefficient (Wildman–Crippen LogP) is 2.82. The number of hydrogen-bond donors (Lipinski definition) is 1. The van der Waals surface area contributed by atoms with Gasteiger partial charge in [0, 0.05) is 49.7 Å². The van der Waals surface area contributed by atoms with Gasteiger partial charge >= 0.3 is 6.18 Å². The van der Waals surface area contributed by atoms with E-state index in [1.165, 1.54) is 6.07 Å². The maximum absolute atomic E-state index is 13.3. The molecule has 1 N–H and O–H groups in total. The molecular formula is C19H24F3N5O2. The number of piperazine rings is 1. The first-order valence-electron chi connectivity index (χ1n) is 9.49. The lowest BCUT2D eigenvalue weighted by Crippen LogP contribution is -2.56. The van der Waals surface area contributed by atoms with Crippen LogP contribution in [0.1, 0.15) is 19.7 Å². The van der Waals surface area contributed by atoms with Crippen molar-refractivity contribution in [2.75, 3.05) is 51.9 Å². The van der Waals surface area contributed by atoms with Crippen molar-refractivity contribution >= 4 is 16.7 Å². The summed E-state index contributed by atoms with van der Waals surface area (Å²) in [5, 5.41) is 3.61. The fourth-order valence-electron chi connectivity index (χ4n) is 3.60. The van der Waals surface area contributed by atoms with E-state index in [2.05, 4.69) is 46.0 Å². The Morgan fingerprint density at radius 3 is 2.34 bits per heavy atom. The van der Waals surface area contributed by atoms with Gasteiger partial charge in [-0.25, -0.2) is 9.97 Å². The van der Waals surface area contributed by atoms with Gasteiger partial charge in [-0.1, -0.05) is 0 Å².